The molecule has 0 aromatic carbocycles. The highest BCUT2D eigenvalue weighted by molar-refractivity contribution is 7.47. The standard InChI is InChI=1S/C70H136O17P2/c1-8-11-12-13-14-15-16-17-18-19-20-21-22-23-24-25-26-27-39-46-53-69(74)86-65(57-81-68(73)52-45-38-32-29-35-42-49-62(6)9-2)59-84-88(76,77)82-55-64(71)56-83-89(78,79)85-60-66(58-80-67(72)51-44-37-31-28-34-41-48-61(4)5)87-70(75)54-47-40-33-30-36-43-50-63(7)10-3/h61-66,71H,8-60H2,1-7H3,(H,76,77)(H,78,79)/t62?,63?,64-,65-,66-/m1/s1. The third-order valence-electron chi connectivity index (χ3n) is 16.9. The molecular weight excluding hydrogens is 1170 g/mol. The Morgan fingerprint density at radius 3 is 0.854 bits per heavy atom. The predicted octanol–water partition coefficient (Wildman–Crippen LogP) is 19.8. The summed E-state index contributed by atoms with van der Waals surface area (Å²) in [6, 6.07) is 0. The van der Waals surface area contributed by atoms with Crippen molar-refractivity contribution in [3.63, 3.8) is 0 Å². The highest BCUT2D eigenvalue weighted by Crippen LogP contribution is 2.45. The van der Waals surface area contributed by atoms with E-state index in [0.717, 1.165) is 115 Å². The first-order chi connectivity index (χ1) is 42.8. The fourth-order valence-corrected chi connectivity index (χ4v) is 12.1. The van der Waals surface area contributed by atoms with Crippen molar-refractivity contribution in [2.45, 2.75) is 369 Å². The number of hydrogen-bond acceptors (Lipinski definition) is 15. The summed E-state index contributed by atoms with van der Waals surface area (Å²) in [5, 5.41) is 10.6. The molecule has 0 fully saturated rings. The molecule has 528 valence electrons. The molecule has 89 heavy (non-hydrogen) atoms. The van der Waals surface area contributed by atoms with E-state index in [1.54, 1.807) is 0 Å². The molecule has 0 aliphatic rings. The smallest absolute Gasteiger partial charge is 0.462 e. The molecule has 0 saturated carbocycles. The minimum atomic E-state index is -4.95. The molecular formula is C70H136O17P2. The number of ether oxygens (including phenoxy) is 4. The largest absolute Gasteiger partial charge is 0.472 e. The van der Waals surface area contributed by atoms with E-state index in [0.29, 0.717) is 31.6 Å². The van der Waals surface area contributed by atoms with Crippen LogP contribution in [-0.2, 0) is 65.4 Å². The molecule has 0 heterocycles. The van der Waals surface area contributed by atoms with E-state index < -0.39 is 97.5 Å². The van der Waals surface area contributed by atoms with Crippen LogP contribution < -0.4 is 0 Å². The van der Waals surface area contributed by atoms with Gasteiger partial charge in [-0.15, -0.1) is 0 Å². The van der Waals surface area contributed by atoms with Crippen LogP contribution in [0, 0.1) is 17.8 Å². The molecule has 0 aliphatic heterocycles. The van der Waals surface area contributed by atoms with E-state index in [1.165, 1.54) is 148 Å². The van der Waals surface area contributed by atoms with Crippen LogP contribution in [0.1, 0.15) is 350 Å². The van der Waals surface area contributed by atoms with Gasteiger partial charge < -0.3 is 33.8 Å². The zero-order chi connectivity index (χ0) is 65.9. The Bertz CT molecular complexity index is 1750. The number of aliphatic hydroxyl groups is 1. The molecule has 0 aromatic heterocycles. The molecule has 17 nitrogen and oxygen atoms in total. The summed E-state index contributed by atoms with van der Waals surface area (Å²) in [5.41, 5.74) is 0. The maximum Gasteiger partial charge on any atom is 0.472 e. The van der Waals surface area contributed by atoms with E-state index in [1.807, 2.05) is 0 Å². The molecule has 0 radical (unpaired) electrons. The molecule has 0 amide bonds. The van der Waals surface area contributed by atoms with Gasteiger partial charge in [0, 0.05) is 25.7 Å². The summed E-state index contributed by atoms with van der Waals surface area (Å²) in [5.74, 6) is -0.00403. The van der Waals surface area contributed by atoms with E-state index in [-0.39, 0.29) is 25.7 Å². The zero-order valence-corrected chi connectivity index (χ0v) is 59.7. The van der Waals surface area contributed by atoms with Crippen molar-refractivity contribution >= 4 is 39.5 Å². The predicted molar refractivity (Wildman–Crippen MR) is 358 cm³/mol. The number of carbonyl (C=O) groups is 4. The monoisotopic (exact) mass is 1310 g/mol. The van der Waals surface area contributed by atoms with Crippen molar-refractivity contribution in [1.82, 2.24) is 0 Å². The fourth-order valence-electron chi connectivity index (χ4n) is 10.5. The highest BCUT2D eigenvalue weighted by Gasteiger charge is 2.30. The first kappa shape index (κ1) is 87.1. The SMILES string of the molecule is CCCCCCCCCCCCCCCCCCCCCCC(=O)O[C@H](COC(=O)CCCCCCCCC(C)CC)COP(=O)(O)OC[C@@H](O)COP(=O)(O)OC[C@@H](COC(=O)CCCCCCCCC(C)C)OC(=O)CCCCCCCCC(C)CC. The Morgan fingerprint density at radius 1 is 0.326 bits per heavy atom. The summed E-state index contributed by atoms with van der Waals surface area (Å²) < 4.78 is 68.2. The number of esters is 4. The second-order valence-electron chi connectivity index (χ2n) is 26.2. The van der Waals surface area contributed by atoms with Crippen molar-refractivity contribution in [2.24, 2.45) is 17.8 Å². The quantitative estimate of drug-likeness (QED) is 0.0222. The number of unbranched alkanes of at least 4 members (excludes halogenated alkanes) is 34. The molecule has 3 N–H and O–H groups in total. The van der Waals surface area contributed by atoms with Gasteiger partial charge >= 0.3 is 39.5 Å². The van der Waals surface area contributed by atoms with E-state index in [2.05, 4.69) is 48.5 Å². The number of rotatable bonds is 68. The van der Waals surface area contributed by atoms with Crippen LogP contribution in [0.5, 0.6) is 0 Å². The zero-order valence-electron chi connectivity index (χ0n) is 57.9. The number of carbonyl (C=O) groups excluding carboxylic acids is 4. The van der Waals surface area contributed by atoms with E-state index >= 15 is 0 Å². The summed E-state index contributed by atoms with van der Waals surface area (Å²) in [6.45, 7) is 11.7. The normalized spacial score (nSPS) is 14.8. The molecule has 0 aromatic rings. The van der Waals surface area contributed by atoms with Crippen molar-refractivity contribution in [3.8, 4) is 0 Å². The lowest BCUT2D eigenvalue weighted by molar-refractivity contribution is -0.161. The van der Waals surface area contributed by atoms with Gasteiger partial charge in [-0.1, -0.05) is 299 Å². The summed E-state index contributed by atoms with van der Waals surface area (Å²) in [4.78, 5) is 72.4. The van der Waals surface area contributed by atoms with Crippen LogP contribution in [0.2, 0.25) is 0 Å². The average molecular weight is 1310 g/mol. The Kier molecular flexibility index (Phi) is 59.6. The maximum atomic E-state index is 13.0. The average Bonchev–Trinajstić information content (AvgIpc) is 3.66. The number of phosphoric ester groups is 2. The molecule has 0 aliphatic carbocycles. The van der Waals surface area contributed by atoms with Crippen LogP contribution in [0.3, 0.4) is 0 Å². The summed E-state index contributed by atoms with van der Waals surface area (Å²) in [7, 11) is -9.90. The number of hydrogen-bond donors (Lipinski definition) is 3. The summed E-state index contributed by atoms with van der Waals surface area (Å²) in [6.07, 6.45) is 44.9. The maximum absolute atomic E-state index is 13.0. The number of aliphatic hydroxyl groups excluding tert-OH is 1. The van der Waals surface area contributed by atoms with Crippen LogP contribution in [0.4, 0.5) is 0 Å². The van der Waals surface area contributed by atoms with Gasteiger partial charge in [-0.2, -0.15) is 0 Å². The van der Waals surface area contributed by atoms with Gasteiger partial charge in [0.25, 0.3) is 0 Å². The third kappa shape index (κ3) is 62.0. The third-order valence-corrected chi connectivity index (χ3v) is 18.8. The van der Waals surface area contributed by atoms with Crippen LogP contribution in [0.25, 0.3) is 0 Å². The minimum absolute atomic E-state index is 0.102. The lowest BCUT2D eigenvalue weighted by atomic mass is 10.00. The van der Waals surface area contributed by atoms with Gasteiger partial charge in [0.05, 0.1) is 26.4 Å². The van der Waals surface area contributed by atoms with E-state index in [9.17, 15) is 43.2 Å². The molecule has 0 rings (SSSR count). The minimum Gasteiger partial charge on any atom is -0.462 e. The molecule has 19 heteroatoms. The lowest BCUT2D eigenvalue weighted by Crippen LogP contribution is -2.30. The van der Waals surface area contributed by atoms with Crippen LogP contribution in [0.15, 0.2) is 0 Å². The topological polar surface area (TPSA) is 237 Å². The van der Waals surface area contributed by atoms with Crippen molar-refractivity contribution in [3.05, 3.63) is 0 Å². The van der Waals surface area contributed by atoms with Gasteiger partial charge in [-0.3, -0.25) is 37.3 Å². The Morgan fingerprint density at radius 2 is 0.573 bits per heavy atom. The van der Waals surface area contributed by atoms with Crippen molar-refractivity contribution < 1.29 is 80.2 Å². The Labute approximate surface area is 543 Å². The van der Waals surface area contributed by atoms with Gasteiger partial charge in [0.15, 0.2) is 12.2 Å². The van der Waals surface area contributed by atoms with Gasteiger partial charge in [0.2, 0.25) is 0 Å². The highest BCUT2D eigenvalue weighted by atomic mass is 31.2. The Balaban J connectivity index is 5.17. The van der Waals surface area contributed by atoms with E-state index in [4.69, 9.17) is 37.0 Å². The lowest BCUT2D eigenvalue weighted by Gasteiger charge is -2.21. The molecule has 4 unspecified atom stereocenters. The fraction of sp³-hybridized carbons (Fsp3) is 0.943. The second kappa shape index (κ2) is 61.0. The van der Waals surface area contributed by atoms with Crippen molar-refractivity contribution in [1.29, 1.82) is 0 Å². The number of phosphoric acid groups is 2. The Hall–Kier alpha value is -1.94. The summed E-state index contributed by atoms with van der Waals surface area (Å²) >= 11 is 0. The van der Waals surface area contributed by atoms with Crippen LogP contribution >= 0.6 is 15.6 Å². The van der Waals surface area contributed by atoms with Gasteiger partial charge in [-0.05, 0) is 43.4 Å². The molecule has 0 saturated heterocycles. The van der Waals surface area contributed by atoms with Gasteiger partial charge in [0.1, 0.15) is 19.3 Å². The van der Waals surface area contributed by atoms with Crippen molar-refractivity contribution in [2.75, 3.05) is 39.6 Å². The first-order valence-electron chi connectivity index (χ1n) is 36.4. The second-order valence-corrected chi connectivity index (χ2v) is 29.1. The molecule has 7 atom stereocenters. The first-order valence-corrected chi connectivity index (χ1v) is 39.4. The van der Waals surface area contributed by atoms with Gasteiger partial charge in [-0.25, -0.2) is 9.13 Å². The molecule has 0 spiro atoms. The van der Waals surface area contributed by atoms with Crippen LogP contribution in [-0.4, -0.2) is 96.7 Å². The molecule has 0 bridgehead atoms.